The Morgan fingerprint density at radius 2 is 1.64 bits per heavy atom. The van der Waals surface area contributed by atoms with E-state index in [1.807, 2.05) is 51.2 Å². The van der Waals surface area contributed by atoms with E-state index in [1.54, 1.807) is 4.90 Å². The molecule has 2 fully saturated rings. The number of fused-ring (bicyclic) bond motifs is 2. The maximum absolute atomic E-state index is 14.1. The lowest BCUT2D eigenvalue weighted by molar-refractivity contribution is -0.147. The van der Waals surface area contributed by atoms with Crippen molar-refractivity contribution in [2.45, 2.75) is 129 Å². The van der Waals surface area contributed by atoms with Crippen molar-refractivity contribution in [3.63, 3.8) is 0 Å². The summed E-state index contributed by atoms with van der Waals surface area (Å²) < 4.78 is 2.12. The van der Waals surface area contributed by atoms with Crippen LogP contribution in [0.1, 0.15) is 97.5 Å². The van der Waals surface area contributed by atoms with Gasteiger partial charge in [-0.2, -0.15) is 0 Å². The number of carbonyl (C=O) groups is 5. The van der Waals surface area contributed by atoms with Gasteiger partial charge in [0.05, 0.1) is 0 Å². The van der Waals surface area contributed by atoms with Crippen LogP contribution in [0.5, 0.6) is 0 Å². The lowest BCUT2D eigenvalue weighted by atomic mass is 9.93. The largest absolute Gasteiger partial charge is 0.347 e. The standard InChI is InChI=1S/C35H51N5O5/c1-5-23(4)31-35(45)40-20-14-13-19-30(40)34(44)36-27(17-10-8-9-15-25(41)6-2)32(42)37-28(33(43)38-31)21-24-22-39(7-3)29-18-12-11-16-26(24)29/h11-12,16,18,22-23,27-28,30-31H,5-10,13-15,17,19-21H2,1-4H3,(H,36,44)(H,37,42)(H,38,43)/t23?,27-,28-,30+,31-/m0/s1. The number of amides is 4. The smallest absolute Gasteiger partial charge is 0.246 e. The molecule has 10 nitrogen and oxygen atoms in total. The molecular weight excluding hydrogens is 570 g/mol. The monoisotopic (exact) mass is 621 g/mol. The van der Waals surface area contributed by atoms with E-state index in [0.717, 1.165) is 48.7 Å². The Hall–Kier alpha value is -3.69. The number of carbonyl (C=O) groups excluding carboxylic acids is 5. The molecule has 0 radical (unpaired) electrons. The van der Waals surface area contributed by atoms with Crippen LogP contribution in [0.25, 0.3) is 10.9 Å². The van der Waals surface area contributed by atoms with Gasteiger partial charge in [-0.1, -0.05) is 58.2 Å². The number of rotatable bonds is 12. The van der Waals surface area contributed by atoms with Crippen molar-refractivity contribution < 1.29 is 24.0 Å². The summed E-state index contributed by atoms with van der Waals surface area (Å²) in [6.45, 7) is 9.00. The zero-order valence-corrected chi connectivity index (χ0v) is 27.4. The van der Waals surface area contributed by atoms with E-state index in [0.29, 0.717) is 45.1 Å². The highest BCUT2D eigenvalue weighted by molar-refractivity contribution is 5.98. The third kappa shape index (κ3) is 8.32. The molecule has 2 aliphatic heterocycles. The van der Waals surface area contributed by atoms with Crippen LogP contribution in [0.3, 0.4) is 0 Å². The van der Waals surface area contributed by atoms with E-state index in [4.69, 9.17) is 0 Å². The molecule has 3 heterocycles. The molecule has 2 saturated heterocycles. The summed E-state index contributed by atoms with van der Waals surface area (Å²) in [5.74, 6) is -1.36. The minimum absolute atomic E-state index is 0.166. The quantitative estimate of drug-likeness (QED) is 0.308. The SMILES string of the molecule is CCC(=O)CCCCC[C@@H]1NC(=O)[C@H]2CCCCN2C(=O)[C@H](C(C)CC)NC(=O)[C@H](Cc2cn(CC)c3ccccc23)NC1=O. The van der Waals surface area contributed by atoms with Crippen molar-refractivity contribution >= 4 is 40.3 Å². The van der Waals surface area contributed by atoms with Gasteiger partial charge in [-0.05, 0) is 56.6 Å². The number of ketones is 1. The molecule has 45 heavy (non-hydrogen) atoms. The first kappa shape index (κ1) is 34.2. The highest BCUT2D eigenvalue weighted by Crippen LogP contribution is 2.25. The summed E-state index contributed by atoms with van der Waals surface area (Å²) in [6.07, 6.45) is 8.51. The number of aryl methyl sites for hydroxylation is 1. The molecule has 0 aliphatic carbocycles. The Labute approximate surface area is 267 Å². The molecule has 1 unspecified atom stereocenters. The molecule has 5 atom stereocenters. The number of hydrogen-bond donors (Lipinski definition) is 3. The van der Waals surface area contributed by atoms with Crippen molar-refractivity contribution in [1.82, 2.24) is 25.4 Å². The van der Waals surface area contributed by atoms with Gasteiger partial charge >= 0.3 is 0 Å². The molecule has 0 spiro atoms. The summed E-state index contributed by atoms with van der Waals surface area (Å²) in [5.41, 5.74) is 1.97. The molecule has 1 aromatic carbocycles. The molecule has 10 heteroatoms. The average molecular weight is 622 g/mol. The number of nitrogens with zero attached hydrogens (tertiary/aromatic N) is 2. The second kappa shape index (κ2) is 16.0. The maximum atomic E-state index is 14.1. The van der Waals surface area contributed by atoms with E-state index in [-0.39, 0.29) is 29.9 Å². The topological polar surface area (TPSA) is 130 Å². The van der Waals surface area contributed by atoms with Crippen molar-refractivity contribution in [2.24, 2.45) is 5.92 Å². The third-order valence-electron chi connectivity index (χ3n) is 9.61. The van der Waals surface area contributed by atoms with Crippen LogP contribution in [0.4, 0.5) is 0 Å². The fraction of sp³-hybridized carbons (Fsp3) is 0.629. The molecule has 2 aliphatic rings. The summed E-state index contributed by atoms with van der Waals surface area (Å²) >= 11 is 0. The molecule has 3 N–H and O–H groups in total. The highest BCUT2D eigenvalue weighted by Gasteiger charge is 2.40. The maximum Gasteiger partial charge on any atom is 0.246 e. The Bertz CT molecular complexity index is 1370. The van der Waals surface area contributed by atoms with Crippen LogP contribution in [0, 0.1) is 5.92 Å². The molecule has 2 aromatic rings. The summed E-state index contributed by atoms with van der Waals surface area (Å²) in [4.78, 5) is 69.1. The minimum atomic E-state index is -0.953. The molecule has 0 bridgehead atoms. The van der Waals surface area contributed by atoms with Crippen LogP contribution in [-0.2, 0) is 36.9 Å². The van der Waals surface area contributed by atoms with Crippen LogP contribution in [0.15, 0.2) is 30.5 Å². The summed E-state index contributed by atoms with van der Waals surface area (Å²) in [7, 11) is 0. The van der Waals surface area contributed by atoms with Gasteiger partial charge in [-0.25, -0.2) is 0 Å². The van der Waals surface area contributed by atoms with Crippen molar-refractivity contribution in [1.29, 1.82) is 0 Å². The number of piperidine rings is 1. The van der Waals surface area contributed by atoms with Gasteiger partial charge < -0.3 is 25.4 Å². The number of aromatic nitrogens is 1. The van der Waals surface area contributed by atoms with E-state index in [1.165, 1.54) is 0 Å². The van der Waals surface area contributed by atoms with Gasteiger partial charge in [0.2, 0.25) is 23.6 Å². The Morgan fingerprint density at radius 1 is 0.911 bits per heavy atom. The zero-order chi connectivity index (χ0) is 32.5. The number of para-hydroxylation sites is 1. The Balaban J connectivity index is 1.66. The van der Waals surface area contributed by atoms with Crippen molar-refractivity contribution in [3.8, 4) is 0 Å². The Morgan fingerprint density at radius 3 is 2.38 bits per heavy atom. The number of hydrogen-bond acceptors (Lipinski definition) is 5. The van der Waals surface area contributed by atoms with Gasteiger partial charge in [0.25, 0.3) is 0 Å². The number of unbranched alkanes of at least 4 members (excludes halogenated alkanes) is 2. The van der Waals surface area contributed by atoms with Gasteiger partial charge in [-0.3, -0.25) is 24.0 Å². The number of nitrogens with one attached hydrogen (secondary N) is 3. The second-order valence-corrected chi connectivity index (χ2v) is 12.7. The van der Waals surface area contributed by atoms with Crippen LogP contribution in [-0.4, -0.2) is 69.6 Å². The average Bonchev–Trinajstić information content (AvgIpc) is 3.41. The molecule has 246 valence electrons. The predicted molar refractivity (Wildman–Crippen MR) is 174 cm³/mol. The Kier molecular flexibility index (Phi) is 12.2. The highest BCUT2D eigenvalue weighted by atomic mass is 16.2. The molecule has 1 aromatic heterocycles. The zero-order valence-electron chi connectivity index (χ0n) is 27.4. The molecule has 0 saturated carbocycles. The number of benzene rings is 1. The van der Waals surface area contributed by atoms with E-state index in [2.05, 4.69) is 27.4 Å². The third-order valence-corrected chi connectivity index (χ3v) is 9.61. The lowest BCUT2D eigenvalue weighted by Gasteiger charge is -2.39. The first-order valence-electron chi connectivity index (χ1n) is 17.0. The first-order chi connectivity index (χ1) is 21.7. The van der Waals surface area contributed by atoms with Gasteiger partial charge in [-0.15, -0.1) is 0 Å². The van der Waals surface area contributed by atoms with Gasteiger partial charge in [0.1, 0.15) is 30.0 Å². The van der Waals surface area contributed by atoms with Crippen LogP contribution < -0.4 is 16.0 Å². The van der Waals surface area contributed by atoms with Crippen LogP contribution in [0.2, 0.25) is 0 Å². The number of Topliss-reactive ketones (excluding diaryl/α,β-unsaturated/α-hetero) is 1. The first-order valence-corrected chi connectivity index (χ1v) is 17.0. The fourth-order valence-electron chi connectivity index (χ4n) is 6.59. The molecule has 4 amide bonds. The van der Waals surface area contributed by atoms with Crippen LogP contribution >= 0.6 is 0 Å². The van der Waals surface area contributed by atoms with Crippen molar-refractivity contribution in [3.05, 3.63) is 36.0 Å². The van der Waals surface area contributed by atoms with Gasteiger partial charge in [0.15, 0.2) is 0 Å². The van der Waals surface area contributed by atoms with E-state index >= 15 is 0 Å². The molecule has 4 rings (SSSR count). The fourth-order valence-corrected chi connectivity index (χ4v) is 6.59. The van der Waals surface area contributed by atoms with Gasteiger partial charge in [0, 0.05) is 49.5 Å². The minimum Gasteiger partial charge on any atom is -0.347 e. The van der Waals surface area contributed by atoms with Crippen molar-refractivity contribution in [2.75, 3.05) is 6.54 Å². The second-order valence-electron chi connectivity index (χ2n) is 12.7. The normalized spacial score (nSPS) is 23.8. The van der Waals surface area contributed by atoms with E-state index < -0.39 is 36.0 Å². The predicted octanol–water partition coefficient (Wildman–Crippen LogP) is 4.03. The summed E-state index contributed by atoms with van der Waals surface area (Å²) in [5, 5.41) is 9.96. The summed E-state index contributed by atoms with van der Waals surface area (Å²) in [6, 6.07) is 4.66. The molecular formula is C35H51N5O5. The van der Waals surface area contributed by atoms with E-state index in [9.17, 15) is 24.0 Å². The lowest BCUT2D eigenvalue weighted by Crippen LogP contribution is -2.64.